The molecule has 3 aromatic rings. The molecule has 4 rings (SSSR count). The van der Waals surface area contributed by atoms with Crippen LogP contribution in [-0.4, -0.2) is 27.8 Å². The molecule has 6 nitrogen and oxygen atoms in total. The molecule has 0 radical (unpaired) electrons. The fraction of sp³-hybridized carbons (Fsp3) is 0.174. The van der Waals surface area contributed by atoms with Crippen molar-refractivity contribution in [2.45, 2.75) is 26.5 Å². The van der Waals surface area contributed by atoms with E-state index in [1.165, 1.54) is 16.2 Å². The molecule has 1 aliphatic rings. The fourth-order valence-electron chi connectivity index (χ4n) is 3.19. The van der Waals surface area contributed by atoms with Crippen molar-refractivity contribution in [1.29, 1.82) is 0 Å². The van der Waals surface area contributed by atoms with Crippen LogP contribution >= 0.6 is 11.3 Å². The molecule has 0 bridgehead atoms. The summed E-state index contributed by atoms with van der Waals surface area (Å²) in [5.74, 6) is 0.0818. The number of pyridine rings is 1. The molecule has 0 aliphatic carbocycles. The minimum atomic E-state index is -0.352. The van der Waals surface area contributed by atoms with E-state index in [4.69, 9.17) is 4.74 Å². The van der Waals surface area contributed by atoms with Crippen LogP contribution in [0.4, 0.5) is 5.69 Å². The molecule has 1 aliphatic heterocycles. The Balaban J connectivity index is 1.64. The Morgan fingerprint density at radius 3 is 2.50 bits per heavy atom. The molecule has 1 N–H and O–H groups in total. The lowest BCUT2D eigenvalue weighted by Gasteiger charge is -2.15. The molecule has 0 fully saturated rings. The molecule has 1 aromatic carbocycles. The summed E-state index contributed by atoms with van der Waals surface area (Å²) in [5.41, 5.74) is 2.17. The number of benzene rings is 1. The number of rotatable bonds is 7. The quantitative estimate of drug-likeness (QED) is 0.578. The summed E-state index contributed by atoms with van der Waals surface area (Å²) in [6.45, 7) is 4.10. The molecular weight excluding hydrogens is 398 g/mol. The van der Waals surface area contributed by atoms with Crippen molar-refractivity contribution in [2.75, 3.05) is 5.32 Å². The summed E-state index contributed by atoms with van der Waals surface area (Å²) >= 11 is 1.43. The van der Waals surface area contributed by atoms with Crippen LogP contribution in [0.3, 0.4) is 0 Å². The van der Waals surface area contributed by atoms with Crippen LogP contribution < -0.4 is 10.1 Å². The number of thiophene rings is 1. The Morgan fingerprint density at radius 2 is 1.87 bits per heavy atom. The number of carbonyl (C=O) groups is 2. The third-order valence-electron chi connectivity index (χ3n) is 4.49. The highest BCUT2D eigenvalue weighted by Crippen LogP contribution is 2.33. The molecule has 30 heavy (non-hydrogen) atoms. The first-order chi connectivity index (χ1) is 14.5. The number of nitrogens with zero attached hydrogens (tertiary/aromatic N) is 2. The van der Waals surface area contributed by atoms with Crippen molar-refractivity contribution >= 4 is 34.4 Å². The number of carbonyl (C=O) groups excluding carboxylic acids is 2. The number of amides is 2. The standard InChI is InChI=1S/C23H21N3O3S/c1-15(2)29-18-9-7-17(8-10-18)25-21-20(19-6-4-12-30-19)22(27)26(23(21)28)14-16-5-3-11-24-13-16/h3-13,15,25H,14H2,1-2H3. The van der Waals surface area contributed by atoms with Crippen molar-refractivity contribution in [3.63, 3.8) is 0 Å². The monoisotopic (exact) mass is 419 g/mol. The Kier molecular flexibility index (Phi) is 5.63. The van der Waals surface area contributed by atoms with Gasteiger partial charge in [-0.3, -0.25) is 19.5 Å². The molecule has 7 heteroatoms. The predicted octanol–water partition coefficient (Wildman–Crippen LogP) is 4.32. The van der Waals surface area contributed by atoms with Gasteiger partial charge in [0, 0.05) is 23.0 Å². The molecular formula is C23H21N3O3S. The Labute approximate surface area is 178 Å². The van der Waals surface area contributed by atoms with Gasteiger partial charge in [0.05, 0.1) is 18.2 Å². The van der Waals surface area contributed by atoms with E-state index in [0.29, 0.717) is 11.3 Å². The molecule has 0 spiro atoms. The zero-order valence-electron chi connectivity index (χ0n) is 16.7. The maximum absolute atomic E-state index is 13.2. The van der Waals surface area contributed by atoms with Crippen LogP contribution in [0.5, 0.6) is 5.75 Å². The van der Waals surface area contributed by atoms with Gasteiger partial charge in [-0.15, -0.1) is 11.3 Å². The van der Waals surface area contributed by atoms with Crippen molar-refractivity contribution in [2.24, 2.45) is 0 Å². The molecule has 0 saturated carbocycles. The maximum Gasteiger partial charge on any atom is 0.278 e. The second-order valence-corrected chi connectivity index (χ2v) is 8.05. The van der Waals surface area contributed by atoms with E-state index in [0.717, 1.165) is 16.2 Å². The topological polar surface area (TPSA) is 71.5 Å². The number of anilines is 1. The van der Waals surface area contributed by atoms with Crippen molar-refractivity contribution in [3.8, 4) is 5.75 Å². The van der Waals surface area contributed by atoms with Crippen LogP contribution in [0.1, 0.15) is 24.3 Å². The summed E-state index contributed by atoms with van der Waals surface area (Å²) in [6, 6.07) is 14.7. The lowest BCUT2D eigenvalue weighted by Crippen LogP contribution is -2.32. The normalized spacial score (nSPS) is 14.0. The number of ether oxygens (including phenoxy) is 1. The highest BCUT2D eigenvalue weighted by Gasteiger charge is 2.39. The molecule has 3 heterocycles. The molecule has 0 unspecified atom stereocenters. The van der Waals surface area contributed by atoms with Gasteiger partial charge in [-0.05, 0) is 61.2 Å². The van der Waals surface area contributed by atoms with E-state index in [2.05, 4.69) is 10.3 Å². The Hall–Kier alpha value is -3.45. The van der Waals surface area contributed by atoms with Gasteiger partial charge >= 0.3 is 0 Å². The zero-order chi connectivity index (χ0) is 21.1. The Morgan fingerprint density at radius 1 is 1.07 bits per heavy atom. The minimum absolute atomic E-state index is 0.0759. The molecule has 2 amide bonds. The SMILES string of the molecule is CC(C)Oc1ccc(NC2=C(c3cccs3)C(=O)N(Cc3cccnc3)C2=O)cc1. The maximum atomic E-state index is 13.2. The van der Waals surface area contributed by atoms with Gasteiger partial charge in [0.15, 0.2) is 0 Å². The zero-order valence-corrected chi connectivity index (χ0v) is 17.5. The van der Waals surface area contributed by atoms with Crippen LogP contribution in [0.25, 0.3) is 5.57 Å². The van der Waals surface area contributed by atoms with E-state index >= 15 is 0 Å². The van der Waals surface area contributed by atoms with Crippen molar-refractivity contribution in [1.82, 2.24) is 9.88 Å². The first-order valence-corrected chi connectivity index (χ1v) is 10.5. The van der Waals surface area contributed by atoms with Gasteiger partial charge in [0.1, 0.15) is 11.4 Å². The predicted molar refractivity (Wildman–Crippen MR) is 117 cm³/mol. The molecule has 0 saturated heterocycles. The average molecular weight is 420 g/mol. The average Bonchev–Trinajstić information content (AvgIpc) is 3.33. The summed E-state index contributed by atoms with van der Waals surface area (Å²) in [7, 11) is 0. The van der Waals surface area contributed by atoms with Gasteiger partial charge in [0.2, 0.25) is 0 Å². The molecule has 2 aromatic heterocycles. The van der Waals surface area contributed by atoms with E-state index in [9.17, 15) is 9.59 Å². The van der Waals surface area contributed by atoms with E-state index in [1.807, 2.05) is 61.7 Å². The number of nitrogens with one attached hydrogen (secondary N) is 1. The summed E-state index contributed by atoms with van der Waals surface area (Å²) in [4.78, 5) is 32.4. The lowest BCUT2D eigenvalue weighted by molar-refractivity contribution is -0.137. The highest BCUT2D eigenvalue weighted by atomic mass is 32.1. The number of imide groups is 1. The van der Waals surface area contributed by atoms with E-state index in [1.54, 1.807) is 18.5 Å². The minimum Gasteiger partial charge on any atom is -0.491 e. The summed E-state index contributed by atoms with van der Waals surface area (Å²) < 4.78 is 5.67. The second kappa shape index (κ2) is 8.51. The number of hydrogen-bond acceptors (Lipinski definition) is 6. The molecule has 0 atom stereocenters. The smallest absolute Gasteiger partial charge is 0.278 e. The highest BCUT2D eigenvalue weighted by molar-refractivity contribution is 7.11. The first-order valence-electron chi connectivity index (χ1n) is 9.60. The van der Waals surface area contributed by atoms with Crippen molar-refractivity contribution < 1.29 is 14.3 Å². The third-order valence-corrected chi connectivity index (χ3v) is 5.38. The summed E-state index contributed by atoms with van der Waals surface area (Å²) in [6.07, 6.45) is 3.39. The number of hydrogen-bond donors (Lipinski definition) is 1. The van der Waals surface area contributed by atoms with Crippen LogP contribution in [0, 0.1) is 0 Å². The van der Waals surface area contributed by atoms with Crippen LogP contribution in [-0.2, 0) is 16.1 Å². The van der Waals surface area contributed by atoms with E-state index in [-0.39, 0.29) is 30.2 Å². The van der Waals surface area contributed by atoms with Gasteiger partial charge in [-0.1, -0.05) is 12.1 Å². The molecule has 152 valence electrons. The first kappa shape index (κ1) is 19.8. The summed E-state index contributed by atoms with van der Waals surface area (Å²) in [5, 5.41) is 5.05. The van der Waals surface area contributed by atoms with Crippen molar-refractivity contribution in [3.05, 3.63) is 82.4 Å². The van der Waals surface area contributed by atoms with Crippen LogP contribution in [0.15, 0.2) is 72.0 Å². The fourth-order valence-corrected chi connectivity index (χ4v) is 3.96. The van der Waals surface area contributed by atoms with E-state index < -0.39 is 0 Å². The van der Waals surface area contributed by atoms with Gasteiger partial charge < -0.3 is 10.1 Å². The Bertz CT molecular complexity index is 1070. The van der Waals surface area contributed by atoms with Gasteiger partial charge in [-0.25, -0.2) is 0 Å². The van der Waals surface area contributed by atoms with Gasteiger partial charge in [0.25, 0.3) is 11.8 Å². The second-order valence-electron chi connectivity index (χ2n) is 7.10. The number of aromatic nitrogens is 1. The largest absolute Gasteiger partial charge is 0.491 e. The van der Waals surface area contributed by atoms with Crippen LogP contribution in [0.2, 0.25) is 0 Å². The third kappa shape index (κ3) is 4.11. The lowest BCUT2D eigenvalue weighted by atomic mass is 10.2. The van der Waals surface area contributed by atoms with Gasteiger partial charge in [-0.2, -0.15) is 0 Å².